The predicted octanol–water partition coefficient (Wildman–Crippen LogP) is 3.16. The van der Waals surface area contributed by atoms with Crippen LogP contribution in [-0.4, -0.2) is 35.4 Å². The highest BCUT2D eigenvalue weighted by Gasteiger charge is 2.13. The maximum Gasteiger partial charge on any atom is 0.262 e. The fourth-order valence-corrected chi connectivity index (χ4v) is 3.64. The summed E-state index contributed by atoms with van der Waals surface area (Å²) in [5.74, 6) is 1.03. The third kappa shape index (κ3) is 4.12. The molecule has 1 aromatic heterocycles. The van der Waals surface area contributed by atoms with Gasteiger partial charge in [0.2, 0.25) is 5.91 Å². The number of thioether (sulfide) groups is 1. The molecule has 0 bridgehead atoms. The molecule has 146 valence electrons. The third-order valence-corrected chi connectivity index (χ3v) is 5.12. The van der Waals surface area contributed by atoms with Gasteiger partial charge in [-0.25, -0.2) is 4.98 Å². The molecule has 0 atom stereocenters. The fraction of sp³-hybridized carbons (Fsp3) is 0.250. The second-order valence-corrected chi connectivity index (χ2v) is 6.81. The van der Waals surface area contributed by atoms with E-state index >= 15 is 0 Å². The van der Waals surface area contributed by atoms with E-state index in [1.165, 1.54) is 18.9 Å². The molecule has 28 heavy (non-hydrogen) atoms. The van der Waals surface area contributed by atoms with Gasteiger partial charge in [-0.1, -0.05) is 23.9 Å². The number of nitrogens with zero attached hydrogens (tertiary/aromatic N) is 2. The van der Waals surface area contributed by atoms with Crippen LogP contribution in [0.3, 0.4) is 0 Å². The van der Waals surface area contributed by atoms with Crippen molar-refractivity contribution in [2.75, 3.05) is 25.3 Å². The third-order valence-electron chi connectivity index (χ3n) is 4.14. The van der Waals surface area contributed by atoms with Gasteiger partial charge in [-0.15, -0.1) is 0 Å². The van der Waals surface area contributed by atoms with Crippen molar-refractivity contribution in [2.24, 2.45) is 0 Å². The zero-order chi connectivity index (χ0) is 20.1. The summed E-state index contributed by atoms with van der Waals surface area (Å²) in [6.07, 6.45) is 0. The molecule has 3 rings (SSSR count). The molecule has 0 aliphatic carbocycles. The number of methoxy groups -OCH3 is 2. The van der Waals surface area contributed by atoms with Gasteiger partial charge in [0.1, 0.15) is 0 Å². The number of para-hydroxylation sites is 1. The highest BCUT2D eigenvalue weighted by molar-refractivity contribution is 7.99. The second-order valence-electron chi connectivity index (χ2n) is 5.87. The van der Waals surface area contributed by atoms with Gasteiger partial charge in [0.05, 0.1) is 30.9 Å². The van der Waals surface area contributed by atoms with E-state index in [0.717, 1.165) is 0 Å². The molecular formula is C20H21N3O4S. The zero-order valence-electron chi connectivity index (χ0n) is 15.9. The number of hydrogen-bond donors (Lipinski definition) is 1. The first-order chi connectivity index (χ1) is 13.6. The summed E-state index contributed by atoms with van der Waals surface area (Å²) in [5, 5.41) is 3.91. The molecule has 1 N–H and O–H groups in total. The van der Waals surface area contributed by atoms with Crippen LogP contribution >= 0.6 is 11.8 Å². The monoisotopic (exact) mass is 399 g/mol. The molecule has 7 nitrogen and oxygen atoms in total. The Morgan fingerprint density at radius 3 is 2.61 bits per heavy atom. The first kappa shape index (κ1) is 19.8. The van der Waals surface area contributed by atoms with Gasteiger partial charge in [-0.05, 0) is 31.2 Å². The van der Waals surface area contributed by atoms with Crippen LogP contribution in [0.4, 0.5) is 5.69 Å². The molecule has 0 aliphatic rings. The van der Waals surface area contributed by atoms with Gasteiger partial charge in [0.15, 0.2) is 16.7 Å². The summed E-state index contributed by atoms with van der Waals surface area (Å²) in [5.41, 5.74) is 1.12. The highest BCUT2D eigenvalue weighted by atomic mass is 32.2. The Morgan fingerprint density at radius 2 is 1.89 bits per heavy atom. The topological polar surface area (TPSA) is 82.5 Å². The summed E-state index contributed by atoms with van der Waals surface area (Å²) in [4.78, 5) is 29.5. The Kier molecular flexibility index (Phi) is 6.20. The number of benzene rings is 2. The van der Waals surface area contributed by atoms with Crippen molar-refractivity contribution in [3.63, 3.8) is 0 Å². The number of aromatic nitrogens is 2. The Morgan fingerprint density at radius 1 is 1.14 bits per heavy atom. The van der Waals surface area contributed by atoms with E-state index in [1.54, 1.807) is 42.0 Å². The number of ether oxygens (including phenoxy) is 2. The van der Waals surface area contributed by atoms with Gasteiger partial charge in [-0.3, -0.25) is 14.2 Å². The van der Waals surface area contributed by atoms with E-state index in [9.17, 15) is 9.59 Å². The van der Waals surface area contributed by atoms with E-state index in [4.69, 9.17) is 9.47 Å². The van der Waals surface area contributed by atoms with Crippen molar-refractivity contribution in [3.05, 3.63) is 52.8 Å². The Balaban J connectivity index is 1.75. The van der Waals surface area contributed by atoms with Crippen molar-refractivity contribution in [2.45, 2.75) is 18.6 Å². The summed E-state index contributed by atoms with van der Waals surface area (Å²) in [7, 11) is 3.09. The summed E-state index contributed by atoms with van der Waals surface area (Å²) in [6.45, 7) is 2.36. The first-order valence-corrected chi connectivity index (χ1v) is 9.70. The van der Waals surface area contributed by atoms with Crippen LogP contribution in [0.1, 0.15) is 6.92 Å². The van der Waals surface area contributed by atoms with E-state index in [1.807, 2.05) is 19.1 Å². The standard InChI is InChI=1S/C20H21N3O4S/c1-4-23-19(25)14-7-5-6-8-15(14)22-20(23)28-12-18(24)21-13-9-10-16(26-2)17(11-13)27-3/h5-11H,4,12H2,1-3H3,(H,21,24). The minimum atomic E-state index is -0.206. The molecule has 0 aliphatic heterocycles. The smallest absolute Gasteiger partial charge is 0.262 e. The molecule has 1 amide bonds. The summed E-state index contributed by atoms with van der Waals surface area (Å²) < 4.78 is 12.0. The van der Waals surface area contributed by atoms with E-state index in [0.29, 0.717) is 39.8 Å². The van der Waals surface area contributed by atoms with Crippen LogP contribution in [0, 0.1) is 0 Å². The maximum absolute atomic E-state index is 12.6. The van der Waals surface area contributed by atoms with Gasteiger partial charge in [0, 0.05) is 18.3 Å². The van der Waals surface area contributed by atoms with E-state index in [-0.39, 0.29) is 17.2 Å². The maximum atomic E-state index is 12.6. The normalized spacial score (nSPS) is 10.7. The van der Waals surface area contributed by atoms with Crippen molar-refractivity contribution in [1.82, 2.24) is 9.55 Å². The molecular weight excluding hydrogens is 378 g/mol. The van der Waals surface area contributed by atoms with E-state index in [2.05, 4.69) is 10.3 Å². The van der Waals surface area contributed by atoms with Crippen LogP contribution in [0.15, 0.2) is 52.4 Å². The van der Waals surface area contributed by atoms with Gasteiger partial charge in [-0.2, -0.15) is 0 Å². The van der Waals surface area contributed by atoms with Crippen LogP contribution in [-0.2, 0) is 11.3 Å². The number of hydrogen-bond acceptors (Lipinski definition) is 6. The fourth-order valence-electron chi connectivity index (χ4n) is 2.78. The lowest BCUT2D eigenvalue weighted by Gasteiger charge is -2.12. The molecule has 0 unspecified atom stereocenters. The molecule has 1 heterocycles. The lowest BCUT2D eigenvalue weighted by molar-refractivity contribution is -0.113. The lowest BCUT2D eigenvalue weighted by Crippen LogP contribution is -2.23. The van der Waals surface area contributed by atoms with Crippen molar-refractivity contribution in [1.29, 1.82) is 0 Å². The Labute approximate surface area is 166 Å². The van der Waals surface area contributed by atoms with Crippen molar-refractivity contribution >= 4 is 34.3 Å². The first-order valence-electron chi connectivity index (χ1n) is 8.71. The second kappa shape index (κ2) is 8.79. The molecule has 3 aromatic rings. The molecule has 0 spiro atoms. The minimum absolute atomic E-state index is 0.101. The van der Waals surface area contributed by atoms with E-state index < -0.39 is 0 Å². The molecule has 0 saturated heterocycles. The number of carbonyl (C=O) groups excluding carboxylic acids is 1. The number of rotatable bonds is 7. The predicted molar refractivity (Wildman–Crippen MR) is 111 cm³/mol. The highest BCUT2D eigenvalue weighted by Crippen LogP contribution is 2.29. The number of carbonyl (C=O) groups is 1. The molecule has 0 radical (unpaired) electrons. The average Bonchev–Trinajstić information content (AvgIpc) is 2.72. The number of nitrogens with one attached hydrogen (secondary N) is 1. The van der Waals surface area contributed by atoms with Crippen LogP contribution in [0.5, 0.6) is 11.5 Å². The van der Waals surface area contributed by atoms with Gasteiger partial charge in [0.25, 0.3) is 5.56 Å². The lowest BCUT2D eigenvalue weighted by atomic mass is 10.2. The van der Waals surface area contributed by atoms with Crippen LogP contribution in [0.25, 0.3) is 10.9 Å². The zero-order valence-corrected chi connectivity index (χ0v) is 16.7. The Hall–Kier alpha value is -3.00. The van der Waals surface area contributed by atoms with Gasteiger partial charge < -0.3 is 14.8 Å². The summed E-state index contributed by atoms with van der Waals surface area (Å²) >= 11 is 1.23. The van der Waals surface area contributed by atoms with Crippen LogP contribution < -0.4 is 20.3 Å². The largest absolute Gasteiger partial charge is 0.493 e. The number of anilines is 1. The molecule has 0 fully saturated rings. The quantitative estimate of drug-likeness (QED) is 0.485. The number of amides is 1. The minimum Gasteiger partial charge on any atom is -0.493 e. The number of fused-ring (bicyclic) bond motifs is 1. The van der Waals surface area contributed by atoms with Crippen LogP contribution in [0.2, 0.25) is 0 Å². The van der Waals surface area contributed by atoms with Crippen molar-refractivity contribution in [3.8, 4) is 11.5 Å². The van der Waals surface area contributed by atoms with Crippen molar-refractivity contribution < 1.29 is 14.3 Å². The summed E-state index contributed by atoms with van der Waals surface area (Å²) in [6, 6.07) is 12.4. The molecule has 0 saturated carbocycles. The Bertz CT molecular complexity index is 1060. The molecule has 2 aromatic carbocycles. The average molecular weight is 399 g/mol. The molecule has 8 heteroatoms. The SMILES string of the molecule is CCn1c(SCC(=O)Nc2ccc(OC)c(OC)c2)nc2ccccc2c1=O. The van der Waals surface area contributed by atoms with Gasteiger partial charge >= 0.3 is 0 Å².